The van der Waals surface area contributed by atoms with E-state index in [0.29, 0.717) is 0 Å². The minimum absolute atomic E-state index is 0.00914. The van der Waals surface area contributed by atoms with E-state index in [9.17, 15) is 29.1 Å². The summed E-state index contributed by atoms with van der Waals surface area (Å²) in [5, 5.41) is 16.8. The molecule has 1 aromatic rings. The molecule has 0 heterocycles. The van der Waals surface area contributed by atoms with Crippen molar-refractivity contribution in [3.8, 4) is 0 Å². The third-order valence-corrected chi connectivity index (χ3v) is 5.46. The van der Waals surface area contributed by atoms with Crippen molar-refractivity contribution >= 4 is 42.2 Å². The largest absolute Gasteiger partial charge is 0.480 e. The van der Waals surface area contributed by atoms with Gasteiger partial charge in [-0.15, -0.1) is 0 Å². The van der Waals surface area contributed by atoms with Crippen LogP contribution < -0.4 is 27.4 Å². The third kappa shape index (κ3) is 11.2. The molecule has 0 spiro atoms. The molecule has 11 nitrogen and oxygen atoms in total. The second-order valence-electron chi connectivity index (χ2n) is 8.64. The van der Waals surface area contributed by atoms with E-state index in [2.05, 4.69) is 28.6 Å². The summed E-state index contributed by atoms with van der Waals surface area (Å²) in [5.74, 6) is -3.93. The molecule has 0 bridgehead atoms. The first kappa shape index (κ1) is 29.9. The second kappa shape index (κ2) is 15.0. The van der Waals surface area contributed by atoms with Crippen LogP contribution in [-0.4, -0.2) is 64.6 Å². The van der Waals surface area contributed by atoms with Gasteiger partial charge >= 0.3 is 5.97 Å². The summed E-state index contributed by atoms with van der Waals surface area (Å²) in [7, 11) is 0. The highest BCUT2D eigenvalue weighted by Gasteiger charge is 2.30. The molecule has 0 aliphatic carbocycles. The van der Waals surface area contributed by atoms with Gasteiger partial charge in [-0.1, -0.05) is 44.2 Å². The van der Waals surface area contributed by atoms with Crippen LogP contribution in [-0.2, 0) is 30.4 Å². The van der Waals surface area contributed by atoms with E-state index >= 15 is 0 Å². The minimum Gasteiger partial charge on any atom is -0.480 e. The van der Waals surface area contributed by atoms with E-state index < -0.39 is 53.8 Å². The topological polar surface area (TPSA) is 194 Å². The summed E-state index contributed by atoms with van der Waals surface area (Å²) in [6.07, 6.45) is 0.299. The number of carbonyl (C=O) groups excluding carboxylic acids is 4. The van der Waals surface area contributed by atoms with Crippen molar-refractivity contribution in [2.45, 2.75) is 63.7 Å². The Bertz CT molecular complexity index is 882. The Morgan fingerprint density at radius 2 is 1.46 bits per heavy atom. The van der Waals surface area contributed by atoms with E-state index in [0.717, 1.165) is 5.56 Å². The maximum atomic E-state index is 13.1. The number of amides is 4. The fourth-order valence-electron chi connectivity index (χ4n) is 3.20. The Morgan fingerprint density at radius 1 is 0.914 bits per heavy atom. The lowest BCUT2D eigenvalue weighted by Crippen LogP contribution is -2.58. The van der Waals surface area contributed by atoms with Crippen LogP contribution in [0.1, 0.15) is 38.7 Å². The fraction of sp³-hybridized carbons (Fsp3) is 0.522. The predicted molar refractivity (Wildman–Crippen MR) is 133 cm³/mol. The van der Waals surface area contributed by atoms with Gasteiger partial charge in [0.25, 0.3) is 0 Å². The standard InChI is InChI=1S/C23H35N5O6S/c1-13(2)10-16(26-20(30)15(24)8-9-19(25)29)21(31)27-17(11-14-6-4-3-5-7-14)22(32)28-18(12-35)23(33)34/h3-7,13,15-18,35H,8-12,24H2,1-2H3,(H2,25,29)(H,26,30)(H,27,31)(H,28,32)(H,33,34). The van der Waals surface area contributed by atoms with Gasteiger partial charge in [-0.2, -0.15) is 12.6 Å². The molecular weight excluding hydrogens is 474 g/mol. The normalized spacial score (nSPS) is 14.3. The summed E-state index contributed by atoms with van der Waals surface area (Å²) >= 11 is 3.95. The number of hydrogen-bond donors (Lipinski definition) is 7. The summed E-state index contributed by atoms with van der Waals surface area (Å²) < 4.78 is 0. The zero-order chi connectivity index (χ0) is 26.5. The quantitative estimate of drug-likeness (QED) is 0.152. The van der Waals surface area contributed by atoms with E-state index in [1.54, 1.807) is 30.3 Å². The molecule has 1 rings (SSSR count). The zero-order valence-corrected chi connectivity index (χ0v) is 20.8. The van der Waals surface area contributed by atoms with Gasteiger partial charge in [-0.3, -0.25) is 19.2 Å². The highest BCUT2D eigenvalue weighted by atomic mass is 32.1. The van der Waals surface area contributed by atoms with Gasteiger partial charge in [0.15, 0.2) is 0 Å². The first-order chi connectivity index (χ1) is 16.4. The zero-order valence-electron chi connectivity index (χ0n) is 19.9. The van der Waals surface area contributed by atoms with Crippen LogP contribution >= 0.6 is 12.6 Å². The van der Waals surface area contributed by atoms with Gasteiger partial charge in [0.1, 0.15) is 18.1 Å². The van der Waals surface area contributed by atoms with Crippen molar-refractivity contribution in [2.75, 3.05) is 5.75 Å². The van der Waals surface area contributed by atoms with Crippen LogP contribution in [0.5, 0.6) is 0 Å². The van der Waals surface area contributed by atoms with Gasteiger partial charge < -0.3 is 32.5 Å². The van der Waals surface area contributed by atoms with Gasteiger partial charge in [0.05, 0.1) is 6.04 Å². The maximum Gasteiger partial charge on any atom is 0.327 e. The number of carbonyl (C=O) groups is 5. The number of nitrogens with one attached hydrogen (secondary N) is 3. The number of aliphatic carboxylic acids is 1. The van der Waals surface area contributed by atoms with Crippen LogP contribution in [0.3, 0.4) is 0 Å². The molecule has 1 aromatic carbocycles. The van der Waals surface area contributed by atoms with Crippen molar-refractivity contribution in [1.29, 1.82) is 0 Å². The summed E-state index contributed by atoms with van der Waals surface area (Å²) in [6.45, 7) is 3.72. The number of hydrogen-bond acceptors (Lipinski definition) is 7. The minimum atomic E-state index is -1.26. The molecule has 194 valence electrons. The Kier molecular flexibility index (Phi) is 12.8. The molecule has 0 saturated carbocycles. The smallest absolute Gasteiger partial charge is 0.327 e. The Hall–Kier alpha value is -3.12. The Balaban J connectivity index is 3.05. The molecule has 0 aliphatic heterocycles. The molecule has 0 aliphatic rings. The second-order valence-corrected chi connectivity index (χ2v) is 9.00. The van der Waals surface area contributed by atoms with Crippen molar-refractivity contribution in [2.24, 2.45) is 17.4 Å². The SMILES string of the molecule is CC(C)CC(NC(=O)C(N)CCC(N)=O)C(=O)NC(Cc1ccccc1)C(=O)NC(CS)C(=O)O. The first-order valence-corrected chi connectivity index (χ1v) is 11.9. The number of carboxylic acid groups (broad SMARTS) is 1. The fourth-order valence-corrected chi connectivity index (χ4v) is 3.45. The average Bonchev–Trinajstić information content (AvgIpc) is 2.79. The molecular formula is C23H35N5O6S. The highest BCUT2D eigenvalue weighted by Crippen LogP contribution is 2.09. The Morgan fingerprint density at radius 3 is 1.97 bits per heavy atom. The van der Waals surface area contributed by atoms with Crippen LogP contribution in [0.4, 0.5) is 0 Å². The van der Waals surface area contributed by atoms with E-state index in [-0.39, 0.29) is 37.4 Å². The molecule has 35 heavy (non-hydrogen) atoms. The van der Waals surface area contributed by atoms with E-state index in [1.807, 2.05) is 13.8 Å². The summed E-state index contributed by atoms with van der Waals surface area (Å²) in [4.78, 5) is 60.9. The molecule has 8 N–H and O–H groups in total. The number of nitrogens with two attached hydrogens (primary N) is 2. The van der Waals surface area contributed by atoms with Crippen LogP contribution in [0, 0.1) is 5.92 Å². The van der Waals surface area contributed by atoms with Gasteiger partial charge in [-0.25, -0.2) is 4.79 Å². The highest BCUT2D eigenvalue weighted by molar-refractivity contribution is 7.80. The van der Waals surface area contributed by atoms with Gasteiger partial charge in [-0.05, 0) is 24.3 Å². The molecule has 4 atom stereocenters. The molecule has 4 unspecified atom stereocenters. The number of rotatable bonds is 15. The van der Waals surface area contributed by atoms with Crippen molar-refractivity contribution < 1.29 is 29.1 Å². The third-order valence-electron chi connectivity index (χ3n) is 5.09. The molecule has 0 fully saturated rings. The number of thiol groups is 1. The molecule has 0 aromatic heterocycles. The number of benzene rings is 1. The lowest BCUT2D eigenvalue weighted by atomic mass is 10.00. The van der Waals surface area contributed by atoms with Crippen LogP contribution in [0.25, 0.3) is 0 Å². The van der Waals surface area contributed by atoms with Crippen LogP contribution in [0.15, 0.2) is 30.3 Å². The van der Waals surface area contributed by atoms with E-state index in [4.69, 9.17) is 11.5 Å². The molecule has 0 radical (unpaired) electrons. The summed E-state index contributed by atoms with van der Waals surface area (Å²) in [5.41, 5.74) is 11.7. The number of primary amides is 1. The summed E-state index contributed by atoms with van der Waals surface area (Å²) in [6, 6.07) is 4.49. The average molecular weight is 510 g/mol. The van der Waals surface area contributed by atoms with Crippen molar-refractivity contribution in [3.63, 3.8) is 0 Å². The van der Waals surface area contributed by atoms with E-state index in [1.165, 1.54) is 0 Å². The van der Waals surface area contributed by atoms with Gasteiger partial charge in [0, 0.05) is 18.6 Å². The lowest BCUT2D eigenvalue weighted by molar-refractivity contribution is -0.141. The molecule has 4 amide bonds. The molecule has 12 heteroatoms. The van der Waals surface area contributed by atoms with Crippen LogP contribution in [0.2, 0.25) is 0 Å². The predicted octanol–water partition coefficient (Wildman–Crippen LogP) is -0.663. The first-order valence-electron chi connectivity index (χ1n) is 11.3. The lowest BCUT2D eigenvalue weighted by Gasteiger charge is -2.26. The molecule has 0 saturated heterocycles. The van der Waals surface area contributed by atoms with Gasteiger partial charge in [0.2, 0.25) is 23.6 Å². The number of carboxylic acids is 1. The monoisotopic (exact) mass is 509 g/mol. The van der Waals surface area contributed by atoms with Crippen molar-refractivity contribution in [1.82, 2.24) is 16.0 Å². The Labute approximate surface area is 210 Å². The maximum absolute atomic E-state index is 13.1. The van der Waals surface area contributed by atoms with Crippen molar-refractivity contribution in [3.05, 3.63) is 35.9 Å².